The summed E-state index contributed by atoms with van der Waals surface area (Å²) in [6, 6.07) is 9.46. The molecule has 0 saturated carbocycles. The molecular formula is C16H27O2P. The molecule has 0 aliphatic carbocycles. The van der Waals surface area contributed by atoms with Gasteiger partial charge in [-0.1, -0.05) is 70.1 Å². The average molecular weight is 282 g/mol. The average Bonchev–Trinajstić information content (AvgIpc) is 2.43. The maximum Gasteiger partial charge on any atom is 0.236 e. The van der Waals surface area contributed by atoms with E-state index < -0.39 is 8.03 Å². The number of para-hydroxylation sites is 1. The lowest BCUT2D eigenvalue weighted by Crippen LogP contribution is -1.87. The second-order valence-electron chi connectivity index (χ2n) is 5.01. The van der Waals surface area contributed by atoms with Crippen molar-refractivity contribution in [2.75, 3.05) is 6.16 Å². The Morgan fingerprint density at radius 1 is 0.895 bits per heavy atom. The van der Waals surface area contributed by atoms with Crippen molar-refractivity contribution in [3.63, 3.8) is 0 Å². The van der Waals surface area contributed by atoms with Crippen molar-refractivity contribution in [3.8, 4) is 5.75 Å². The molecule has 0 aromatic heterocycles. The number of benzene rings is 1. The molecule has 0 bridgehead atoms. The van der Waals surface area contributed by atoms with Gasteiger partial charge in [-0.15, -0.1) is 0 Å². The Hall–Kier alpha value is -0.750. The van der Waals surface area contributed by atoms with E-state index in [1.165, 1.54) is 44.9 Å². The normalized spacial score (nSPS) is 12.3. The van der Waals surface area contributed by atoms with E-state index in [1.807, 2.05) is 30.3 Å². The molecule has 1 rings (SSSR count). The van der Waals surface area contributed by atoms with Crippen LogP contribution in [0.3, 0.4) is 0 Å². The fourth-order valence-corrected chi connectivity index (χ4v) is 3.11. The van der Waals surface area contributed by atoms with Crippen LogP contribution in [-0.4, -0.2) is 6.16 Å². The van der Waals surface area contributed by atoms with Gasteiger partial charge < -0.3 is 4.52 Å². The molecule has 2 nitrogen and oxygen atoms in total. The van der Waals surface area contributed by atoms with Crippen LogP contribution in [0.4, 0.5) is 0 Å². The van der Waals surface area contributed by atoms with Crippen LogP contribution in [0.2, 0.25) is 0 Å². The van der Waals surface area contributed by atoms with Crippen LogP contribution in [-0.2, 0) is 4.57 Å². The predicted molar refractivity (Wildman–Crippen MR) is 83.5 cm³/mol. The molecule has 0 fully saturated rings. The Labute approximate surface area is 118 Å². The molecule has 1 unspecified atom stereocenters. The number of hydrogen-bond acceptors (Lipinski definition) is 2. The molecule has 0 N–H and O–H groups in total. The lowest BCUT2D eigenvalue weighted by molar-refractivity contribution is 0.500. The van der Waals surface area contributed by atoms with Crippen LogP contribution in [0.1, 0.15) is 58.3 Å². The predicted octanol–water partition coefficient (Wildman–Crippen LogP) is 5.68. The van der Waals surface area contributed by atoms with Crippen molar-refractivity contribution in [2.45, 2.75) is 58.3 Å². The van der Waals surface area contributed by atoms with Gasteiger partial charge in [-0.05, 0) is 18.6 Å². The van der Waals surface area contributed by atoms with Gasteiger partial charge in [0.15, 0.2) is 0 Å². The minimum absolute atomic E-state index is 0.717. The van der Waals surface area contributed by atoms with E-state index in [0.29, 0.717) is 6.16 Å². The highest BCUT2D eigenvalue weighted by atomic mass is 31.1. The molecule has 0 amide bonds. The Morgan fingerprint density at radius 3 is 2.11 bits per heavy atom. The van der Waals surface area contributed by atoms with E-state index in [4.69, 9.17) is 4.52 Å². The van der Waals surface area contributed by atoms with E-state index in [0.717, 1.165) is 12.2 Å². The van der Waals surface area contributed by atoms with Crippen LogP contribution in [0.5, 0.6) is 5.75 Å². The Balaban J connectivity index is 1.96. The topological polar surface area (TPSA) is 26.3 Å². The minimum atomic E-state index is -1.89. The first-order valence-corrected chi connectivity index (χ1v) is 9.11. The summed E-state index contributed by atoms with van der Waals surface area (Å²) in [5.74, 6) is 0.728. The van der Waals surface area contributed by atoms with E-state index in [-0.39, 0.29) is 0 Å². The third kappa shape index (κ3) is 8.88. The summed E-state index contributed by atoms with van der Waals surface area (Å²) in [5.41, 5.74) is 0. The first-order chi connectivity index (χ1) is 9.33. The molecule has 0 heterocycles. The highest BCUT2D eigenvalue weighted by Gasteiger charge is 2.01. The van der Waals surface area contributed by atoms with E-state index in [9.17, 15) is 4.57 Å². The molecule has 0 saturated heterocycles. The van der Waals surface area contributed by atoms with Gasteiger partial charge in [0.25, 0.3) is 0 Å². The van der Waals surface area contributed by atoms with Gasteiger partial charge in [0.2, 0.25) is 8.03 Å². The Bertz CT molecular complexity index is 338. The fourth-order valence-electron chi connectivity index (χ4n) is 2.07. The smallest absolute Gasteiger partial charge is 0.236 e. The molecule has 3 heteroatoms. The zero-order valence-electron chi connectivity index (χ0n) is 12.1. The van der Waals surface area contributed by atoms with Gasteiger partial charge in [0, 0.05) is 6.16 Å². The summed E-state index contributed by atoms with van der Waals surface area (Å²) in [7, 11) is -1.89. The maximum absolute atomic E-state index is 11.7. The van der Waals surface area contributed by atoms with Gasteiger partial charge >= 0.3 is 0 Å². The van der Waals surface area contributed by atoms with Gasteiger partial charge in [-0.2, -0.15) is 0 Å². The lowest BCUT2D eigenvalue weighted by Gasteiger charge is -2.05. The van der Waals surface area contributed by atoms with Gasteiger partial charge in [-0.25, -0.2) is 0 Å². The summed E-state index contributed by atoms with van der Waals surface area (Å²) in [6.45, 7) is 2.24. The van der Waals surface area contributed by atoms with Gasteiger partial charge in [0.05, 0.1) is 0 Å². The molecule has 0 radical (unpaired) electrons. The minimum Gasteiger partial charge on any atom is -0.445 e. The molecule has 19 heavy (non-hydrogen) atoms. The monoisotopic (exact) mass is 282 g/mol. The van der Waals surface area contributed by atoms with Crippen molar-refractivity contribution in [3.05, 3.63) is 30.3 Å². The zero-order valence-corrected chi connectivity index (χ0v) is 13.1. The van der Waals surface area contributed by atoms with Crippen molar-refractivity contribution >= 4 is 8.03 Å². The van der Waals surface area contributed by atoms with E-state index in [2.05, 4.69) is 6.92 Å². The lowest BCUT2D eigenvalue weighted by atomic mass is 10.1. The molecule has 1 aromatic rings. The van der Waals surface area contributed by atoms with Crippen LogP contribution in [0.15, 0.2) is 30.3 Å². The van der Waals surface area contributed by atoms with Crippen LogP contribution >= 0.6 is 8.03 Å². The van der Waals surface area contributed by atoms with Crippen molar-refractivity contribution in [1.29, 1.82) is 0 Å². The van der Waals surface area contributed by atoms with E-state index in [1.54, 1.807) is 0 Å². The SMILES string of the molecule is CCCCCCCCCC[PH](=O)Oc1ccccc1. The van der Waals surface area contributed by atoms with Crippen molar-refractivity contribution in [1.82, 2.24) is 0 Å². The zero-order chi connectivity index (χ0) is 13.8. The second kappa shape index (κ2) is 11.1. The highest BCUT2D eigenvalue weighted by molar-refractivity contribution is 7.39. The Kier molecular flexibility index (Phi) is 9.53. The molecule has 1 aromatic carbocycles. The van der Waals surface area contributed by atoms with Crippen LogP contribution in [0.25, 0.3) is 0 Å². The first kappa shape index (κ1) is 16.3. The molecule has 1 atom stereocenters. The summed E-state index contributed by atoms with van der Waals surface area (Å²) in [4.78, 5) is 0. The third-order valence-electron chi connectivity index (χ3n) is 3.21. The summed E-state index contributed by atoms with van der Waals surface area (Å²) < 4.78 is 17.2. The summed E-state index contributed by atoms with van der Waals surface area (Å²) >= 11 is 0. The number of hydrogen-bond donors (Lipinski definition) is 0. The molecule has 0 spiro atoms. The quantitative estimate of drug-likeness (QED) is 0.385. The summed E-state index contributed by atoms with van der Waals surface area (Å²) in [6.07, 6.45) is 10.9. The van der Waals surface area contributed by atoms with Crippen LogP contribution < -0.4 is 4.52 Å². The summed E-state index contributed by atoms with van der Waals surface area (Å²) in [5, 5.41) is 0. The second-order valence-corrected chi connectivity index (χ2v) is 6.46. The molecule has 108 valence electrons. The van der Waals surface area contributed by atoms with Gasteiger partial charge in [0.1, 0.15) is 5.75 Å². The highest BCUT2D eigenvalue weighted by Crippen LogP contribution is 2.27. The molecular weight excluding hydrogens is 255 g/mol. The van der Waals surface area contributed by atoms with Crippen molar-refractivity contribution in [2.24, 2.45) is 0 Å². The number of rotatable bonds is 11. The first-order valence-electron chi connectivity index (χ1n) is 7.58. The fraction of sp³-hybridized carbons (Fsp3) is 0.625. The standard InChI is InChI=1S/C16H27O2P/c1-2-3-4-5-6-7-8-12-15-19(17)18-16-13-10-9-11-14-16/h9-11,13-14,19H,2-8,12,15H2,1H3. The van der Waals surface area contributed by atoms with E-state index >= 15 is 0 Å². The Morgan fingerprint density at radius 2 is 1.47 bits per heavy atom. The van der Waals surface area contributed by atoms with Gasteiger partial charge in [-0.3, -0.25) is 4.57 Å². The number of unbranched alkanes of at least 4 members (excludes halogenated alkanes) is 7. The van der Waals surface area contributed by atoms with Crippen molar-refractivity contribution < 1.29 is 9.09 Å². The van der Waals surface area contributed by atoms with Crippen LogP contribution in [0, 0.1) is 0 Å². The maximum atomic E-state index is 11.7. The molecule has 0 aliphatic rings. The largest absolute Gasteiger partial charge is 0.445 e. The molecule has 0 aliphatic heterocycles. The third-order valence-corrected chi connectivity index (χ3v) is 4.43.